The Bertz CT molecular complexity index is 1280. The van der Waals surface area contributed by atoms with Crippen LogP contribution in [0, 0.1) is 18.6 Å². The van der Waals surface area contributed by atoms with E-state index in [1.807, 2.05) is 6.92 Å². The second-order valence-corrected chi connectivity index (χ2v) is 8.89. The maximum Gasteiger partial charge on any atom is 0.244 e. The van der Waals surface area contributed by atoms with Crippen molar-refractivity contribution in [3.05, 3.63) is 75.7 Å². The second kappa shape index (κ2) is 8.23. The van der Waals surface area contributed by atoms with Gasteiger partial charge in [0.25, 0.3) is 0 Å². The van der Waals surface area contributed by atoms with Crippen LogP contribution in [-0.4, -0.2) is 37.1 Å². The number of nitrogens with zero attached hydrogens (tertiary/aromatic N) is 5. The molecular weight excluding hydrogens is 432 g/mol. The highest BCUT2D eigenvalue weighted by molar-refractivity contribution is 7.11. The Kier molecular flexibility index (Phi) is 5.26. The summed E-state index contributed by atoms with van der Waals surface area (Å²) >= 11 is 1.62. The van der Waals surface area contributed by atoms with Gasteiger partial charge in [-0.3, -0.25) is 4.79 Å². The predicted molar refractivity (Wildman–Crippen MR) is 117 cm³/mol. The van der Waals surface area contributed by atoms with E-state index in [0.29, 0.717) is 35.9 Å². The molecule has 1 aliphatic rings. The number of amides is 1. The second-order valence-electron chi connectivity index (χ2n) is 7.60. The van der Waals surface area contributed by atoms with Crippen molar-refractivity contribution in [2.24, 2.45) is 0 Å². The molecule has 0 bridgehead atoms. The zero-order valence-corrected chi connectivity index (χ0v) is 18.1. The molecule has 0 atom stereocenters. The zero-order chi connectivity index (χ0) is 22.2. The van der Waals surface area contributed by atoms with Crippen molar-refractivity contribution in [2.75, 3.05) is 6.54 Å². The van der Waals surface area contributed by atoms with Gasteiger partial charge in [-0.05, 0) is 55.5 Å². The van der Waals surface area contributed by atoms with Crippen molar-refractivity contribution in [3.8, 4) is 22.8 Å². The minimum atomic E-state index is -0.362. The smallest absolute Gasteiger partial charge is 0.244 e. The van der Waals surface area contributed by atoms with E-state index in [2.05, 4.69) is 15.1 Å². The van der Waals surface area contributed by atoms with Crippen molar-refractivity contribution < 1.29 is 13.6 Å². The third-order valence-electron chi connectivity index (χ3n) is 5.35. The van der Waals surface area contributed by atoms with Crippen LogP contribution in [-0.2, 0) is 24.3 Å². The average molecular weight is 452 g/mol. The fraction of sp³-hybridized carbons (Fsp3) is 0.217. The highest BCUT2D eigenvalue weighted by Gasteiger charge is 2.25. The van der Waals surface area contributed by atoms with Crippen LogP contribution in [0.15, 0.2) is 48.5 Å². The van der Waals surface area contributed by atoms with Gasteiger partial charge in [-0.15, -0.1) is 16.4 Å². The number of carbonyl (C=O) groups excluding carboxylic acids is 1. The first-order valence-corrected chi connectivity index (χ1v) is 11.0. The van der Waals surface area contributed by atoms with Gasteiger partial charge in [0.15, 0.2) is 11.6 Å². The third kappa shape index (κ3) is 4.03. The molecule has 0 fully saturated rings. The molecule has 0 spiro atoms. The van der Waals surface area contributed by atoms with Crippen molar-refractivity contribution in [1.29, 1.82) is 0 Å². The number of hydrogen-bond acceptors (Lipinski definition) is 5. The summed E-state index contributed by atoms with van der Waals surface area (Å²) in [6, 6.07) is 11.7. The van der Waals surface area contributed by atoms with Crippen LogP contribution in [0.5, 0.6) is 0 Å². The maximum absolute atomic E-state index is 13.4. The van der Waals surface area contributed by atoms with Crippen LogP contribution in [0.4, 0.5) is 8.78 Å². The standard InChI is InChI=1S/C23H19F2N5OS/c1-14-26-19-10-11-29(12-20(19)32-14)21(31)13-30-23(16-4-8-18(25)9-5-16)27-22(28-30)15-2-6-17(24)7-3-15/h2-9H,10-13H2,1H3. The van der Waals surface area contributed by atoms with Gasteiger partial charge >= 0.3 is 0 Å². The lowest BCUT2D eigenvalue weighted by Crippen LogP contribution is -2.37. The lowest BCUT2D eigenvalue weighted by Gasteiger charge is -2.26. The number of benzene rings is 2. The van der Waals surface area contributed by atoms with Gasteiger partial charge in [0, 0.05) is 29.0 Å². The molecule has 6 nitrogen and oxygen atoms in total. The van der Waals surface area contributed by atoms with E-state index in [0.717, 1.165) is 22.0 Å². The van der Waals surface area contributed by atoms with Crippen LogP contribution in [0.2, 0.25) is 0 Å². The lowest BCUT2D eigenvalue weighted by atomic mass is 10.2. The summed E-state index contributed by atoms with van der Waals surface area (Å²) in [5, 5.41) is 5.53. The van der Waals surface area contributed by atoms with Gasteiger partial charge < -0.3 is 4.90 Å². The third-order valence-corrected chi connectivity index (χ3v) is 6.35. The van der Waals surface area contributed by atoms with Gasteiger partial charge in [-0.25, -0.2) is 23.4 Å². The number of rotatable bonds is 4. The Balaban J connectivity index is 1.45. The van der Waals surface area contributed by atoms with Crippen molar-refractivity contribution in [2.45, 2.75) is 26.4 Å². The summed E-state index contributed by atoms with van der Waals surface area (Å²) in [5.41, 5.74) is 2.34. The molecule has 0 aliphatic carbocycles. The topological polar surface area (TPSA) is 63.9 Å². The molecule has 3 heterocycles. The van der Waals surface area contributed by atoms with Crippen molar-refractivity contribution in [3.63, 3.8) is 0 Å². The molecule has 0 N–H and O–H groups in total. The Morgan fingerprint density at radius 3 is 2.34 bits per heavy atom. The van der Waals surface area contributed by atoms with Crippen LogP contribution < -0.4 is 0 Å². The van der Waals surface area contributed by atoms with E-state index < -0.39 is 0 Å². The molecule has 5 rings (SSSR count). The van der Waals surface area contributed by atoms with E-state index in [1.54, 1.807) is 40.5 Å². The summed E-state index contributed by atoms with van der Waals surface area (Å²) < 4.78 is 28.3. The molecule has 1 amide bonds. The quantitative estimate of drug-likeness (QED) is 0.466. The van der Waals surface area contributed by atoms with E-state index in [1.165, 1.54) is 28.9 Å². The number of aryl methyl sites for hydroxylation is 1. The molecule has 1 aliphatic heterocycles. The highest BCUT2D eigenvalue weighted by atomic mass is 32.1. The molecule has 9 heteroatoms. The SMILES string of the molecule is Cc1nc2c(s1)CN(C(=O)Cn1nc(-c3ccc(F)cc3)nc1-c1ccc(F)cc1)CC2. The number of aromatic nitrogens is 4. The first kappa shape index (κ1) is 20.4. The Morgan fingerprint density at radius 2 is 1.66 bits per heavy atom. The molecule has 0 radical (unpaired) electrons. The molecule has 2 aromatic carbocycles. The van der Waals surface area contributed by atoms with Gasteiger partial charge in [-0.2, -0.15) is 0 Å². The van der Waals surface area contributed by atoms with E-state index >= 15 is 0 Å². The minimum Gasteiger partial charge on any atom is -0.335 e. The normalized spacial score (nSPS) is 13.3. The van der Waals surface area contributed by atoms with Crippen LogP contribution >= 0.6 is 11.3 Å². The largest absolute Gasteiger partial charge is 0.335 e. The first-order chi connectivity index (χ1) is 15.5. The molecule has 2 aromatic heterocycles. The Hall–Kier alpha value is -3.46. The van der Waals surface area contributed by atoms with Gasteiger partial charge in [0.05, 0.1) is 17.2 Å². The molecular formula is C23H19F2N5OS. The zero-order valence-electron chi connectivity index (χ0n) is 17.3. The number of hydrogen-bond donors (Lipinski definition) is 0. The minimum absolute atomic E-state index is 0.00593. The monoisotopic (exact) mass is 451 g/mol. The van der Waals surface area contributed by atoms with Gasteiger partial charge in [-0.1, -0.05) is 0 Å². The maximum atomic E-state index is 13.4. The van der Waals surface area contributed by atoms with Crippen molar-refractivity contribution >= 4 is 17.2 Å². The summed E-state index contributed by atoms with van der Waals surface area (Å²) in [5.74, 6) is 0.0178. The van der Waals surface area contributed by atoms with Gasteiger partial charge in [0.1, 0.15) is 18.2 Å². The van der Waals surface area contributed by atoms with E-state index in [-0.39, 0.29) is 24.1 Å². The molecule has 32 heavy (non-hydrogen) atoms. The van der Waals surface area contributed by atoms with Gasteiger partial charge in [0.2, 0.25) is 5.91 Å². The average Bonchev–Trinajstić information content (AvgIpc) is 3.36. The van der Waals surface area contributed by atoms with Crippen LogP contribution in [0.1, 0.15) is 15.6 Å². The molecule has 4 aromatic rings. The summed E-state index contributed by atoms with van der Waals surface area (Å²) in [4.78, 5) is 25.1. The Morgan fingerprint density at radius 1 is 1.00 bits per heavy atom. The van der Waals surface area contributed by atoms with E-state index in [9.17, 15) is 13.6 Å². The number of thiazole rings is 1. The van der Waals surface area contributed by atoms with Crippen LogP contribution in [0.25, 0.3) is 22.8 Å². The lowest BCUT2D eigenvalue weighted by molar-refractivity contribution is -0.132. The summed E-state index contributed by atoms with van der Waals surface area (Å²) in [7, 11) is 0. The highest BCUT2D eigenvalue weighted by Crippen LogP contribution is 2.26. The Labute approximate surface area is 187 Å². The van der Waals surface area contributed by atoms with Crippen molar-refractivity contribution in [1.82, 2.24) is 24.6 Å². The molecule has 0 saturated heterocycles. The fourth-order valence-corrected chi connectivity index (χ4v) is 4.75. The number of halogens is 2. The van der Waals surface area contributed by atoms with Crippen LogP contribution in [0.3, 0.4) is 0 Å². The predicted octanol–water partition coefficient (Wildman–Crippen LogP) is 4.24. The summed E-state index contributed by atoms with van der Waals surface area (Å²) in [6.45, 7) is 3.09. The number of carbonyl (C=O) groups is 1. The number of fused-ring (bicyclic) bond motifs is 1. The molecule has 162 valence electrons. The first-order valence-electron chi connectivity index (χ1n) is 10.2. The fourth-order valence-electron chi connectivity index (χ4n) is 3.75. The molecule has 0 saturated carbocycles. The summed E-state index contributed by atoms with van der Waals surface area (Å²) in [6.07, 6.45) is 0.731. The van der Waals surface area contributed by atoms with E-state index in [4.69, 9.17) is 0 Å². The molecule has 0 unspecified atom stereocenters.